The minimum absolute atomic E-state index is 0.110. The molecule has 4 rings (SSSR count). The molecule has 3 aromatic rings. The Morgan fingerprint density at radius 1 is 0.781 bits per heavy atom. The Labute approximate surface area is 191 Å². The second-order valence-corrected chi connectivity index (χ2v) is 9.67. The van der Waals surface area contributed by atoms with Crippen LogP contribution in [0.25, 0.3) is 0 Å². The van der Waals surface area contributed by atoms with Gasteiger partial charge in [-0.3, -0.25) is 20.4 Å². The molecule has 1 aliphatic rings. The average molecular weight is 470 g/mol. The van der Waals surface area contributed by atoms with Gasteiger partial charge in [-0.2, -0.15) is 4.31 Å². The summed E-state index contributed by atoms with van der Waals surface area (Å²) in [7, 11) is -3.69. The molecule has 3 aromatic carbocycles. The maximum Gasteiger partial charge on any atom is 0.269 e. The van der Waals surface area contributed by atoms with E-state index in [1.165, 1.54) is 40.7 Å². The summed E-state index contributed by atoms with van der Waals surface area (Å²) in [6.07, 6.45) is 0.656. The number of rotatable bonds is 4. The van der Waals surface area contributed by atoms with Gasteiger partial charge in [0, 0.05) is 29.2 Å². The van der Waals surface area contributed by atoms with Crippen molar-refractivity contribution in [2.75, 3.05) is 6.54 Å². The van der Waals surface area contributed by atoms with Gasteiger partial charge in [-0.1, -0.05) is 35.9 Å². The number of benzene rings is 3. The predicted molar refractivity (Wildman–Crippen MR) is 121 cm³/mol. The lowest BCUT2D eigenvalue weighted by Crippen LogP contribution is -2.41. The number of hydrazine groups is 1. The highest BCUT2D eigenvalue weighted by molar-refractivity contribution is 7.89. The Kier molecular flexibility index (Phi) is 6.27. The first-order valence-corrected chi connectivity index (χ1v) is 11.7. The van der Waals surface area contributed by atoms with Crippen molar-refractivity contribution in [2.24, 2.45) is 0 Å². The van der Waals surface area contributed by atoms with Crippen LogP contribution in [0.15, 0.2) is 77.7 Å². The van der Waals surface area contributed by atoms with Crippen LogP contribution in [0.3, 0.4) is 0 Å². The molecule has 2 N–H and O–H groups in total. The van der Waals surface area contributed by atoms with E-state index in [4.69, 9.17) is 11.6 Å². The normalized spacial score (nSPS) is 13.8. The molecule has 2 amide bonds. The molecule has 0 atom stereocenters. The third-order valence-corrected chi connectivity index (χ3v) is 7.36. The van der Waals surface area contributed by atoms with Gasteiger partial charge in [-0.15, -0.1) is 0 Å². The van der Waals surface area contributed by atoms with Crippen LogP contribution in [-0.4, -0.2) is 31.1 Å². The van der Waals surface area contributed by atoms with Gasteiger partial charge < -0.3 is 0 Å². The van der Waals surface area contributed by atoms with Crippen molar-refractivity contribution >= 4 is 33.4 Å². The zero-order chi connectivity index (χ0) is 22.7. The number of halogens is 1. The van der Waals surface area contributed by atoms with Crippen LogP contribution in [0.2, 0.25) is 5.02 Å². The van der Waals surface area contributed by atoms with Crippen molar-refractivity contribution in [1.82, 2.24) is 15.2 Å². The maximum atomic E-state index is 13.0. The van der Waals surface area contributed by atoms with Crippen LogP contribution in [0, 0.1) is 0 Å². The molecular formula is C23H20ClN3O4S. The van der Waals surface area contributed by atoms with Gasteiger partial charge >= 0.3 is 0 Å². The Balaban J connectivity index is 1.40. The van der Waals surface area contributed by atoms with Crippen molar-refractivity contribution in [2.45, 2.75) is 17.9 Å². The van der Waals surface area contributed by atoms with E-state index < -0.39 is 21.8 Å². The van der Waals surface area contributed by atoms with Gasteiger partial charge in [-0.25, -0.2) is 8.42 Å². The fourth-order valence-electron chi connectivity index (χ4n) is 3.46. The van der Waals surface area contributed by atoms with Crippen molar-refractivity contribution < 1.29 is 18.0 Å². The summed E-state index contributed by atoms with van der Waals surface area (Å²) in [5.74, 6) is -1.07. The van der Waals surface area contributed by atoms with Crippen molar-refractivity contribution in [3.8, 4) is 0 Å². The van der Waals surface area contributed by atoms with E-state index in [0.717, 1.165) is 11.1 Å². The van der Waals surface area contributed by atoms with Crippen LogP contribution >= 0.6 is 11.6 Å². The molecule has 164 valence electrons. The molecule has 0 saturated heterocycles. The number of fused-ring (bicyclic) bond motifs is 1. The third kappa shape index (κ3) is 4.67. The lowest BCUT2D eigenvalue weighted by molar-refractivity contribution is 0.0846. The summed E-state index contributed by atoms with van der Waals surface area (Å²) in [6, 6.07) is 19.6. The molecule has 0 fully saturated rings. The number of nitrogens with zero attached hydrogens (tertiary/aromatic N) is 1. The van der Waals surface area contributed by atoms with Gasteiger partial charge in [0.25, 0.3) is 11.8 Å². The monoisotopic (exact) mass is 469 g/mol. The van der Waals surface area contributed by atoms with E-state index in [-0.39, 0.29) is 10.5 Å². The van der Waals surface area contributed by atoms with E-state index >= 15 is 0 Å². The molecule has 0 aliphatic carbocycles. The SMILES string of the molecule is O=C(NNC(=O)c1ccc(S(=O)(=O)N2CCc3ccccc3C2)cc1)c1ccc(Cl)cc1. The second kappa shape index (κ2) is 9.12. The van der Waals surface area contributed by atoms with Crippen LogP contribution < -0.4 is 10.9 Å². The number of carbonyl (C=O) groups excluding carboxylic acids is 2. The molecule has 0 bridgehead atoms. The summed E-state index contributed by atoms with van der Waals surface area (Å²) < 4.78 is 27.5. The first kappa shape index (κ1) is 22.0. The second-order valence-electron chi connectivity index (χ2n) is 7.30. The van der Waals surface area contributed by atoms with Crippen LogP contribution in [0.1, 0.15) is 31.8 Å². The van der Waals surface area contributed by atoms with E-state index in [9.17, 15) is 18.0 Å². The first-order valence-electron chi connectivity index (χ1n) is 9.88. The Bertz CT molecular complexity index is 1260. The molecule has 9 heteroatoms. The minimum Gasteiger partial charge on any atom is -0.267 e. The zero-order valence-electron chi connectivity index (χ0n) is 16.9. The van der Waals surface area contributed by atoms with Crippen molar-refractivity contribution in [3.63, 3.8) is 0 Å². The Morgan fingerprint density at radius 3 is 1.91 bits per heavy atom. The largest absolute Gasteiger partial charge is 0.269 e. The van der Waals surface area contributed by atoms with Gasteiger partial charge in [0.1, 0.15) is 0 Å². The van der Waals surface area contributed by atoms with Crippen LogP contribution in [-0.2, 0) is 23.0 Å². The highest BCUT2D eigenvalue weighted by Gasteiger charge is 2.28. The Hall–Kier alpha value is -3.20. The lowest BCUT2D eigenvalue weighted by atomic mass is 10.0. The molecule has 32 heavy (non-hydrogen) atoms. The zero-order valence-corrected chi connectivity index (χ0v) is 18.5. The molecule has 1 heterocycles. The van der Waals surface area contributed by atoms with Crippen LogP contribution in [0.5, 0.6) is 0 Å². The Morgan fingerprint density at radius 2 is 1.31 bits per heavy atom. The maximum absolute atomic E-state index is 13.0. The molecule has 0 spiro atoms. The summed E-state index contributed by atoms with van der Waals surface area (Å²) in [5.41, 5.74) is 7.33. The highest BCUT2D eigenvalue weighted by Crippen LogP contribution is 2.25. The number of hydrogen-bond acceptors (Lipinski definition) is 4. The number of hydrogen-bond donors (Lipinski definition) is 2. The van der Waals surface area contributed by atoms with Gasteiger partial charge in [0.15, 0.2) is 0 Å². The first-order chi connectivity index (χ1) is 15.3. The highest BCUT2D eigenvalue weighted by atomic mass is 35.5. The summed E-state index contributed by atoms with van der Waals surface area (Å²) >= 11 is 5.79. The molecular weight excluding hydrogens is 450 g/mol. The molecule has 0 unspecified atom stereocenters. The standard InChI is InChI=1S/C23H20ClN3O4S/c24-20-9-5-17(6-10-20)22(28)25-26-23(29)18-7-11-21(12-8-18)32(30,31)27-14-13-16-3-1-2-4-19(16)15-27/h1-12H,13-15H2,(H,25,28)(H,26,29). The summed E-state index contributed by atoms with van der Waals surface area (Å²) in [4.78, 5) is 24.5. The summed E-state index contributed by atoms with van der Waals surface area (Å²) in [6.45, 7) is 0.718. The van der Waals surface area contributed by atoms with Crippen molar-refractivity contribution in [1.29, 1.82) is 0 Å². The summed E-state index contributed by atoms with van der Waals surface area (Å²) in [5, 5.41) is 0.495. The third-order valence-electron chi connectivity index (χ3n) is 5.25. The molecule has 7 nitrogen and oxygen atoms in total. The minimum atomic E-state index is -3.69. The van der Waals surface area contributed by atoms with Gasteiger partial charge in [0.05, 0.1) is 4.90 Å². The van der Waals surface area contributed by atoms with E-state index in [1.54, 1.807) is 12.1 Å². The molecule has 0 radical (unpaired) electrons. The number of amides is 2. The molecule has 0 saturated carbocycles. The molecule has 1 aliphatic heterocycles. The van der Waals surface area contributed by atoms with Crippen molar-refractivity contribution in [3.05, 3.63) is 100 Å². The lowest BCUT2D eigenvalue weighted by Gasteiger charge is -2.28. The van der Waals surface area contributed by atoms with E-state index in [0.29, 0.717) is 30.1 Å². The number of carbonyl (C=O) groups is 2. The topological polar surface area (TPSA) is 95.6 Å². The molecule has 0 aromatic heterocycles. The quantitative estimate of drug-likeness (QED) is 0.574. The number of sulfonamides is 1. The van der Waals surface area contributed by atoms with Gasteiger partial charge in [-0.05, 0) is 66.1 Å². The fraction of sp³-hybridized carbons (Fsp3) is 0.130. The predicted octanol–water partition coefficient (Wildman–Crippen LogP) is 3.16. The average Bonchev–Trinajstić information content (AvgIpc) is 2.82. The number of nitrogens with one attached hydrogen (secondary N) is 2. The fourth-order valence-corrected chi connectivity index (χ4v) is 5.01. The van der Waals surface area contributed by atoms with E-state index in [2.05, 4.69) is 10.9 Å². The van der Waals surface area contributed by atoms with E-state index in [1.807, 2.05) is 24.3 Å². The van der Waals surface area contributed by atoms with Gasteiger partial charge in [0.2, 0.25) is 10.0 Å². The smallest absolute Gasteiger partial charge is 0.267 e. The van der Waals surface area contributed by atoms with Crippen LogP contribution in [0.4, 0.5) is 0 Å².